The summed E-state index contributed by atoms with van der Waals surface area (Å²) in [5, 5.41) is 9.99. The van der Waals surface area contributed by atoms with Gasteiger partial charge in [0.25, 0.3) is 0 Å². The van der Waals surface area contributed by atoms with Crippen LogP contribution >= 0.6 is 11.3 Å². The van der Waals surface area contributed by atoms with Crippen LogP contribution in [0.2, 0.25) is 0 Å². The van der Waals surface area contributed by atoms with Gasteiger partial charge in [0.05, 0.1) is 12.2 Å². The molecule has 25 heavy (non-hydrogen) atoms. The quantitative estimate of drug-likeness (QED) is 0.881. The summed E-state index contributed by atoms with van der Waals surface area (Å²) in [7, 11) is 0. The second kappa shape index (κ2) is 7.95. The van der Waals surface area contributed by atoms with Crippen LogP contribution in [0.1, 0.15) is 67.9 Å². The summed E-state index contributed by atoms with van der Waals surface area (Å²) in [5.74, 6) is 1.97. The lowest BCUT2D eigenvalue weighted by Gasteiger charge is -2.30. The largest absolute Gasteiger partial charge is 0.339 e. The maximum absolute atomic E-state index is 12.3. The van der Waals surface area contributed by atoms with E-state index >= 15 is 0 Å². The number of nitrogens with one attached hydrogen (secondary N) is 1. The maximum Gasteiger partial charge on any atom is 0.317 e. The van der Waals surface area contributed by atoms with Crippen LogP contribution in [-0.4, -0.2) is 39.1 Å². The Hall–Kier alpha value is -1.96. The van der Waals surface area contributed by atoms with Crippen molar-refractivity contribution in [1.29, 1.82) is 0 Å². The van der Waals surface area contributed by atoms with Crippen molar-refractivity contribution in [3.63, 3.8) is 0 Å². The van der Waals surface area contributed by atoms with Gasteiger partial charge < -0.3 is 14.7 Å². The highest BCUT2D eigenvalue weighted by Crippen LogP contribution is 2.27. The first-order valence-corrected chi connectivity index (χ1v) is 9.74. The number of piperidine rings is 1. The van der Waals surface area contributed by atoms with Gasteiger partial charge in [-0.2, -0.15) is 4.98 Å². The maximum atomic E-state index is 12.3. The van der Waals surface area contributed by atoms with Crippen LogP contribution in [0.25, 0.3) is 0 Å². The third-order valence-corrected chi connectivity index (χ3v) is 5.36. The number of aromatic nitrogens is 3. The minimum atomic E-state index is -0.0277. The van der Waals surface area contributed by atoms with Gasteiger partial charge in [-0.15, -0.1) is 11.3 Å². The molecule has 0 aliphatic carbocycles. The number of amides is 2. The molecule has 2 amide bonds. The summed E-state index contributed by atoms with van der Waals surface area (Å²) in [4.78, 5) is 23.1. The van der Waals surface area contributed by atoms with E-state index in [1.54, 1.807) is 11.3 Å². The van der Waals surface area contributed by atoms with Crippen LogP contribution in [0.3, 0.4) is 0 Å². The minimum absolute atomic E-state index is 0.0277. The monoisotopic (exact) mass is 363 g/mol. The van der Waals surface area contributed by atoms with E-state index in [2.05, 4.69) is 27.4 Å². The van der Waals surface area contributed by atoms with Gasteiger partial charge >= 0.3 is 6.03 Å². The van der Waals surface area contributed by atoms with Crippen molar-refractivity contribution >= 4 is 17.4 Å². The number of urea groups is 1. The summed E-state index contributed by atoms with van der Waals surface area (Å²) in [6.07, 6.45) is 2.63. The Morgan fingerprint density at radius 2 is 2.16 bits per heavy atom. The van der Waals surface area contributed by atoms with E-state index in [4.69, 9.17) is 4.52 Å². The van der Waals surface area contributed by atoms with E-state index in [0.717, 1.165) is 35.8 Å². The fraction of sp³-hybridized carbons (Fsp3) is 0.647. The zero-order valence-corrected chi connectivity index (χ0v) is 15.8. The molecule has 136 valence electrons. The highest BCUT2D eigenvalue weighted by molar-refractivity contribution is 7.09. The molecule has 0 saturated carbocycles. The average molecular weight is 363 g/mol. The molecule has 8 heteroatoms. The Morgan fingerprint density at radius 3 is 2.76 bits per heavy atom. The molecule has 3 rings (SSSR count). The predicted molar refractivity (Wildman–Crippen MR) is 95.7 cm³/mol. The highest BCUT2D eigenvalue weighted by atomic mass is 32.1. The van der Waals surface area contributed by atoms with Gasteiger partial charge in [0.1, 0.15) is 5.01 Å². The van der Waals surface area contributed by atoms with E-state index in [1.165, 1.54) is 0 Å². The molecule has 0 radical (unpaired) electrons. The average Bonchev–Trinajstić information content (AvgIpc) is 3.29. The van der Waals surface area contributed by atoms with Crippen LogP contribution in [0.4, 0.5) is 4.79 Å². The molecular formula is C17H25N5O2S. The van der Waals surface area contributed by atoms with Gasteiger partial charge in [0.2, 0.25) is 5.89 Å². The number of carbonyl (C=O) groups excluding carboxylic acids is 1. The number of rotatable bonds is 5. The van der Waals surface area contributed by atoms with Crippen molar-refractivity contribution < 1.29 is 9.32 Å². The van der Waals surface area contributed by atoms with Crippen LogP contribution in [-0.2, 0) is 13.0 Å². The Kier molecular flexibility index (Phi) is 5.67. The number of aryl methyl sites for hydroxylation is 1. The van der Waals surface area contributed by atoms with E-state index in [-0.39, 0.29) is 17.9 Å². The standard InChI is InChI=1S/C17H25N5O2S/c1-4-13-10-25-14(19-13)9-18-17(23)22-7-5-12(6-8-22)16-20-15(11(2)3)21-24-16/h10-12H,4-9H2,1-3H3,(H,18,23). The normalized spacial score (nSPS) is 15.8. The molecular weight excluding hydrogens is 338 g/mol. The topological polar surface area (TPSA) is 84.2 Å². The minimum Gasteiger partial charge on any atom is -0.339 e. The Labute approximate surface area is 151 Å². The zero-order valence-electron chi connectivity index (χ0n) is 15.0. The van der Waals surface area contributed by atoms with Crippen molar-refractivity contribution in [2.75, 3.05) is 13.1 Å². The number of hydrogen-bond acceptors (Lipinski definition) is 6. The summed E-state index contributed by atoms with van der Waals surface area (Å²) in [5.41, 5.74) is 1.08. The van der Waals surface area contributed by atoms with Crippen LogP contribution in [0, 0.1) is 0 Å². The van der Waals surface area contributed by atoms with Crippen molar-refractivity contribution in [1.82, 2.24) is 25.3 Å². The zero-order chi connectivity index (χ0) is 17.8. The molecule has 2 aromatic rings. The van der Waals surface area contributed by atoms with E-state index in [9.17, 15) is 4.79 Å². The van der Waals surface area contributed by atoms with Crippen LogP contribution in [0.5, 0.6) is 0 Å². The molecule has 3 heterocycles. The number of nitrogens with zero attached hydrogens (tertiary/aromatic N) is 4. The molecule has 1 fully saturated rings. The number of carbonyl (C=O) groups is 1. The first-order chi connectivity index (χ1) is 12.1. The van der Waals surface area contributed by atoms with Crippen molar-refractivity contribution in [2.24, 2.45) is 0 Å². The summed E-state index contributed by atoms with van der Waals surface area (Å²) < 4.78 is 5.39. The third-order valence-electron chi connectivity index (χ3n) is 4.46. The van der Waals surface area contributed by atoms with Gasteiger partial charge in [-0.1, -0.05) is 25.9 Å². The second-order valence-electron chi connectivity index (χ2n) is 6.65. The lowest BCUT2D eigenvalue weighted by Crippen LogP contribution is -2.43. The number of thiazole rings is 1. The van der Waals surface area contributed by atoms with Gasteiger partial charge in [-0.25, -0.2) is 9.78 Å². The van der Waals surface area contributed by atoms with Crippen LogP contribution < -0.4 is 5.32 Å². The summed E-state index contributed by atoms with van der Waals surface area (Å²) in [6, 6.07) is -0.0277. The van der Waals surface area contributed by atoms with Crippen molar-refractivity contribution in [3.05, 3.63) is 27.8 Å². The lowest BCUT2D eigenvalue weighted by molar-refractivity contribution is 0.175. The molecule has 0 bridgehead atoms. The molecule has 1 saturated heterocycles. The van der Waals surface area contributed by atoms with E-state index < -0.39 is 0 Å². The lowest BCUT2D eigenvalue weighted by atomic mass is 9.97. The molecule has 7 nitrogen and oxygen atoms in total. The Balaban J connectivity index is 1.46. The molecule has 0 atom stereocenters. The number of hydrogen-bond donors (Lipinski definition) is 1. The fourth-order valence-corrected chi connectivity index (χ4v) is 3.65. The molecule has 0 unspecified atom stereocenters. The Bertz CT molecular complexity index is 703. The summed E-state index contributed by atoms with van der Waals surface area (Å²) >= 11 is 1.59. The smallest absolute Gasteiger partial charge is 0.317 e. The first kappa shape index (κ1) is 17.8. The number of likely N-dealkylation sites (tertiary alicyclic amines) is 1. The van der Waals surface area contributed by atoms with Crippen molar-refractivity contribution in [3.8, 4) is 0 Å². The first-order valence-electron chi connectivity index (χ1n) is 8.86. The molecule has 0 spiro atoms. The summed E-state index contributed by atoms with van der Waals surface area (Å²) in [6.45, 7) is 8.07. The van der Waals surface area contributed by atoms with Gasteiger partial charge in [-0.05, 0) is 19.3 Å². The molecule has 1 N–H and O–H groups in total. The molecule has 2 aromatic heterocycles. The Morgan fingerprint density at radius 1 is 1.40 bits per heavy atom. The van der Waals surface area contributed by atoms with Gasteiger partial charge in [0.15, 0.2) is 5.82 Å². The molecule has 1 aliphatic rings. The third kappa shape index (κ3) is 4.36. The highest BCUT2D eigenvalue weighted by Gasteiger charge is 2.27. The SMILES string of the molecule is CCc1csc(CNC(=O)N2CCC(c3nc(C(C)C)no3)CC2)n1. The predicted octanol–water partition coefficient (Wildman–Crippen LogP) is 3.30. The fourth-order valence-electron chi connectivity index (χ4n) is 2.83. The molecule has 1 aliphatic heterocycles. The molecule has 0 aromatic carbocycles. The van der Waals surface area contributed by atoms with E-state index in [1.807, 2.05) is 24.1 Å². The van der Waals surface area contributed by atoms with E-state index in [0.29, 0.717) is 25.5 Å². The van der Waals surface area contributed by atoms with Gasteiger partial charge in [-0.3, -0.25) is 0 Å². The second-order valence-corrected chi connectivity index (χ2v) is 7.59. The van der Waals surface area contributed by atoms with Gasteiger partial charge in [0, 0.05) is 30.3 Å². The van der Waals surface area contributed by atoms with Crippen LogP contribution in [0.15, 0.2) is 9.90 Å². The van der Waals surface area contributed by atoms with Crippen molar-refractivity contribution in [2.45, 2.75) is 58.4 Å².